The fraction of sp³-hybridized carbons (Fsp3) is 0.933. The van der Waals surface area contributed by atoms with Gasteiger partial charge in [-0.25, -0.2) is 4.79 Å². The summed E-state index contributed by atoms with van der Waals surface area (Å²) in [5.41, 5.74) is -0.655. The van der Waals surface area contributed by atoms with Crippen LogP contribution in [0.5, 0.6) is 0 Å². The normalized spacial score (nSPS) is 30.8. The van der Waals surface area contributed by atoms with Gasteiger partial charge in [0.2, 0.25) is 0 Å². The second kappa shape index (κ2) is 6.00. The molecule has 1 N–H and O–H groups in total. The first-order valence-corrected chi connectivity index (χ1v) is 7.54. The molecule has 1 aliphatic heterocycles. The summed E-state index contributed by atoms with van der Waals surface area (Å²) < 4.78 is 10.7. The molecule has 0 bridgehead atoms. The molecule has 20 heavy (non-hydrogen) atoms. The van der Waals surface area contributed by atoms with E-state index >= 15 is 0 Å². The van der Waals surface area contributed by atoms with Gasteiger partial charge in [-0.1, -0.05) is 0 Å². The van der Waals surface area contributed by atoms with Crippen LogP contribution in [0.1, 0.15) is 32.6 Å². The van der Waals surface area contributed by atoms with Gasteiger partial charge in [-0.2, -0.15) is 0 Å². The summed E-state index contributed by atoms with van der Waals surface area (Å²) in [5, 5.41) is 3.26. The fourth-order valence-electron chi connectivity index (χ4n) is 3.47. The molecule has 0 aromatic carbocycles. The molecule has 0 aromatic heterocycles. The van der Waals surface area contributed by atoms with Gasteiger partial charge in [-0.3, -0.25) is 4.90 Å². The lowest BCUT2D eigenvalue weighted by Crippen LogP contribution is -2.62. The summed E-state index contributed by atoms with van der Waals surface area (Å²) >= 11 is 0. The summed E-state index contributed by atoms with van der Waals surface area (Å²) in [5.74, 6) is 0.267. The third-order valence-corrected chi connectivity index (χ3v) is 4.97. The van der Waals surface area contributed by atoms with Crippen LogP contribution in [-0.2, 0) is 14.3 Å². The van der Waals surface area contributed by atoms with Gasteiger partial charge >= 0.3 is 5.97 Å². The molecule has 1 saturated heterocycles. The van der Waals surface area contributed by atoms with E-state index in [0.717, 1.165) is 38.8 Å². The van der Waals surface area contributed by atoms with Gasteiger partial charge in [0.15, 0.2) is 0 Å². The first kappa shape index (κ1) is 15.7. The van der Waals surface area contributed by atoms with Crippen molar-refractivity contribution in [3.63, 3.8) is 0 Å². The van der Waals surface area contributed by atoms with Crippen molar-refractivity contribution >= 4 is 5.97 Å². The highest BCUT2D eigenvalue weighted by Crippen LogP contribution is 2.41. The third kappa shape index (κ3) is 3.00. The first-order valence-electron chi connectivity index (χ1n) is 7.54. The van der Waals surface area contributed by atoms with E-state index in [-0.39, 0.29) is 11.6 Å². The number of likely N-dealkylation sites (N-methyl/N-ethyl adjacent to an activating group) is 1. The van der Waals surface area contributed by atoms with Crippen molar-refractivity contribution in [3.8, 4) is 0 Å². The van der Waals surface area contributed by atoms with E-state index < -0.39 is 5.54 Å². The lowest BCUT2D eigenvalue weighted by Gasteiger charge is -2.43. The van der Waals surface area contributed by atoms with E-state index in [1.165, 1.54) is 7.11 Å². The average molecular weight is 284 g/mol. The molecule has 2 unspecified atom stereocenters. The Morgan fingerprint density at radius 1 is 1.45 bits per heavy atom. The molecular weight excluding hydrogens is 256 g/mol. The van der Waals surface area contributed by atoms with Gasteiger partial charge in [-0.15, -0.1) is 0 Å². The predicted octanol–water partition coefficient (Wildman–Crippen LogP) is 1.03. The van der Waals surface area contributed by atoms with Crippen molar-refractivity contribution in [2.45, 2.75) is 43.7 Å². The number of carbonyl (C=O) groups is 1. The van der Waals surface area contributed by atoms with Gasteiger partial charge in [-0.05, 0) is 52.1 Å². The molecule has 0 aromatic rings. The first-order chi connectivity index (χ1) is 9.49. The fourth-order valence-corrected chi connectivity index (χ4v) is 3.47. The summed E-state index contributed by atoms with van der Waals surface area (Å²) in [4.78, 5) is 14.7. The molecule has 0 amide bonds. The van der Waals surface area contributed by atoms with Crippen LogP contribution in [0.4, 0.5) is 0 Å². The molecular formula is C15H28N2O3. The summed E-state index contributed by atoms with van der Waals surface area (Å²) in [7, 11) is 5.12. The van der Waals surface area contributed by atoms with Crippen LogP contribution < -0.4 is 5.32 Å². The highest BCUT2D eigenvalue weighted by Gasteiger charge is 2.52. The van der Waals surface area contributed by atoms with E-state index in [2.05, 4.69) is 17.1 Å². The van der Waals surface area contributed by atoms with Crippen molar-refractivity contribution in [2.24, 2.45) is 5.92 Å². The van der Waals surface area contributed by atoms with Crippen LogP contribution >= 0.6 is 0 Å². The molecule has 116 valence electrons. The summed E-state index contributed by atoms with van der Waals surface area (Å²) in [6, 6.07) is 0. The van der Waals surface area contributed by atoms with Crippen LogP contribution in [0.25, 0.3) is 0 Å². The minimum atomic E-state index is -0.555. The quantitative estimate of drug-likeness (QED) is 0.738. The largest absolute Gasteiger partial charge is 0.468 e. The standard InChI is InChI=1S/C15H28N2O3/c1-14(20-4)8-5-9-17(10-14)11-15(16-2,12-6-7-12)13(18)19-3/h12,16H,5-11H2,1-4H3. The molecule has 2 aliphatic rings. The van der Waals surface area contributed by atoms with Crippen molar-refractivity contribution in [3.05, 3.63) is 0 Å². The van der Waals surface area contributed by atoms with E-state index in [4.69, 9.17) is 9.47 Å². The number of nitrogens with zero attached hydrogens (tertiary/aromatic N) is 1. The second-order valence-electron chi connectivity index (χ2n) is 6.46. The lowest BCUT2D eigenvalue weighted by atomic mass is 9.89. The van der Waals surface area contributed by atoms with Crippen LogP contribution in [0, 0.1) is 5.92 Å². The molecule has 5 nitrogen and oxygen atoms in total. The summed E-state index contributed by atoms with van der Waals surface area (Å²) in [6.45, 7) is 4.75. The van der Waals surface area contributed by atoms with Crippen LogP contribution in [0.15, 0.2) is 0 Å². The monoisotopic (exact) mass is 284 g/mol. The van der Waals surface area contributed by atoms with E-state index in [1.807, 2.05) is 7.05 Å². The Morgan fingerprint density at radius 3 is 2.65 bits per heavy atom. The number of hydrogen-bond acceptors (Lipinski definition) is 5. The number of nitrogens with one attached hydrogen (secondary N) is 1. The van der Waals surface area contributed by atoms with Crippen LogP contribution in [0.3, 0.4) is 0 Å². The van der Waals surface area contributed by atoms with Gasteiger partial charge < -0.3 is 14.8 Å². The second-order valence-corrected chi connectivity index (χ2v) is 6.46. The molecule has 2 fully saturated rings. The zero-order chi connectivity index (χ0) is 14.8. The number of rotatable bonds is 6. The van der Waals surface area contributed by atoms with Crippen molar-refractivity contribution < 1.29 is 14.3 Å². The van der Waals surface area contributed by atoms with Crippen LogP contribution in [-0.4, -0.2) is 62.9 Å². The number of piperidine rings is 1. The minimum absolute atomic E-state index is 0.0998. The molecule has 1 aliphatic carbocycles. The van der Waals surface area contributed by atoms with Crippen molar-refractivity contribution in [1.82, 2.24) is 10.2 Å². The highest BCUT2D eigenvalue weighted by molar-refractivity contribution is 5.82. The van der Waals surface area contributed by atoms with Crippen LogP contribution in [0.2, 0.25) is 0 Å². The minimum Gasteiger partial charge on any atom is -0.468 e. The SMILES string of the molecule is CNC(CN1CCCC(C)(OC)C1)(C(=O)OC)C1CC1. The number of esters is 1. The van der Waals surface area contributed by atoms with Crippen molar-refractivity contribution in [1.29, 1.82) is 0 Å². The number of methoxy groups -OCH3 is 2. The summed E-state index contributed by atoms with van der Waals surface area (Å²) in [6.07, 6.45) is 4.39. The predicted molar refractivity (Wildman–Crippen MR) is 77.6 cm³/mol. The van der Waals surface area contributed by atoms with Gasteiger partial charge in [0.05, 0.1) is 12.7 Å². The number of hydrogen-bond donors (Lipinski definition) is 1. The number of likely N-dealkylation sites (tertiary alicyclic amines) is 1. The maximum absolute atomic E-state index is 12.3. The van der Waals surface area contributed by atoms with Gasteiger partial charge in [0, 0.05) is 20.2 Å². The zero-order valence-corrected chi connectivity index (χ0v) is 13.2. The molecule has 1 heterocycles. The molecule has 1 saturated carbocycles. The lowest BCUT2D eigenvalue weighted by molar-refractivity contribution is -0.151. The number of ether oxygens (including phenoxy) is 2. The smallest absolute Gasteiger partial charge is 0.327 e. The van der Waals surface area contributed by atoms with Gasteiger partial charge in [0.1, 0.15) is 5.54 Å². The topological polar surface area (TPSA) is 50.8 Å². The Morgan fingerprint density at radius 2 is 2.15 bits per heavy atom. The van der Waals surface area contributed by atoms with Crippen molar-refractivity contribution in [2.75, 3.05) is 40.9 Å². The molecule has 0 spiro atoms. The third-order valence-electron chi connectivity index (χ3n) is 4.97. The number of carbonyl (C=O) groups excluding carboxylic acids is 1. The molecule has 2 atom stereocenters. The maximum Gasteiger partial charge on any atom is 0.327 e. The highest BCUT2D eigenvalue weighted by atomic mass is 16.5. The Hall–Kier alpha value is -0.650. The van der Waals surface area contributed by atoms with E-state index in [9.17, 15) is 4.79 Å². The maximum atomic E-state index is 12.3. The average Bonchev–Trinajstić information content (AvgIpc) is 3.29. The van der Waals surface area contributed by atoms with E-state index in [0.29, 0.717) is 12.5 Å². The molecule has 2 rings (SSSR count). The van der Waals surface area contributed by atoms with Gasteiger partial charge in [0.25, 0.3) is 0 Å². The Labute approximate surface area is 122 Å². The Bertz CT molecular complexity index is 359. The molecule has 0 radical (unpaired) electrons. The zero-order valence-electron chi connectivity index (χ0n) is 13.2. The Kier molecular flexibility index (Phi) is 4.72. The van der Waals surface area contributed by atoms with E-state index in [1.54, 1.807) is 7.11 Å². The molecule has 5 heteroatoms. The Balaban J connectivity index is 2.09.